The summed E-state index contributed by atoms with van der Waals surface area (Å²) >= 11 is 2.34. The zero-order valence-electron chi connectivity index (χ0n) is 12.5. The highest BCUT2D eigenvalue weighted by atomic mass is 127. The number of hydrogen-bond donors (Lipinski definition) is 1. The van der Waals surface area contributed by atoms with Gasteiger partial charge in [-0.25, -0.2) is 9.97 Å². The number of nitrogens with one attached hydrogen (secondary N) is 1. The standard InChI is InChI=1S/C14H25IN4/c1-5-11-13(15)14(16-6-2)18-12(17-11)9-10-19(7-3)8-4/h5-10H2,1-4H3,(H,16,17,18). The average molecular weight is 376 g/mol. The lowest BCUT2D eigenvalue weighted by Gasteiger charge is -2.18. The molecule has 1 rings (SSSR count). The predicted octanol–water partition coefficient (Wildman–Crippen LogP) is 2.96. The summed E-state index contributed by atoms with van der Waals surface area (Å²) in [6.07, 6.45) is 1.88. The number of nitrogens with zero attached hydrogens (tertiary/aromatic N) is 3. The Kier molecular flexibility index (Phi) is 7.60. The SMILES string of the molecule is CCNc1nc(CCN(CC)CC)nc(CC)c1I. The van der Waals surface area contributed by atoms with Gasteiger partial charge >= 0.3 is 0 Å². The fourth-order valence-corrected chi connectivity index (χ4v) is 2.79. The van der Waals surface area contributed by atoms with Gasteiger partial charge in [-0.15, -0.1) is 0 Å². The molecule has 0 aliphatic carbocycles. The van der Waals surface area contributed by atoms with Gasteiger partial charge < -0.3 is 10.2 Å². The number of halogens is 1. The lowest BCUT2D eigenvalue weighted by atomic mass is 10.3. The van der Waals surface area contributed by atoms with E-state index in [1.54, 1.807) is 0 Å². The minimum absolute atomic E-state index is 0.894. The Labute approximate surface area is 130 Å². The Morgan fingerprint density at radius 3 is 2.32 bits per heavy atom. The smallest absolute Gasteiger partial charge is 0.143 e. The first-order valence-electron chi connectivity index (χ1n) is 7.17. The number of likely N-dealkylation sites (N-methyl/N-ethyl adjacent to an activating group) is 1. The number of anilines is 1. The Hall–Kier alpha value is -0.430. The van der Waals surface area contributed by atoms with E-state index in [0.29, 0.717) is 0 Å². The van der Waals surface area contributed by atoms with E-state index in [0.717, 1.165) is 59.9 Å². The highest BCUT2D eigenvalue weighted by Crippen LogP contribution is 2.19. The van der Waals surface area contributed by atoms with Crippen LogP contribution in [0.5, 0.6) is 0 Å². The predicted molar refractivity (Wildman–Crippen MR) is 89.8 cm³/mol. The molecule has 0 aromatic carbocycles. The summed E-state index contributed by atoms with van der Waals surface area (Å²) in [6.45, 7) is 12.7. The second-order valence-electron chi connectivity index (χ2n) is 4.41. The molecule has 0 saturated heterocycles. The first-order chi connectivity index (χ1) is 9.15. The second kappa shape index (κ2) is 8.68. The number of hydrogen-bond acceptors (Lipinski definition) is 4. The van der Waals surface area contributed by atoms with Gasteiger partial charge in [0.15, 0.2) is 0 Å². The van der Waals surface area contributed by atoms with E-state index in [1.807, 2.05) is 0 Å². The van der Waals surface area contributed by atoms with E-state index in [2.05, 4.69) is 70.5 Å². The van der Waals surface area contributed by atoms with E-state index in [1.165, 1.54) is 0 Å². The molecule has 5 heteroatoms. The van der Waals surface area contributed by atoms with E-state index in [-0.39, 0.29) is 0 Å². The van der Waals surface area contributed by atoms with Crippen LogP contribution in [0.4, 0.5) is 5.82 Å². The zero-order valence-corrected chi connectivity index (χ0v) is 14.6. The topological polar surface area (TPSA) is 41.1 Å². The highest BCUT2D eigenvalue weighted by Gasteiger charge is 2.11. The van der Waals surface area contributed by atoms with E-state index < -0.39 is 0 Å². The van der Waals surface area contributed by atoms with Gasteiger partial charge in [-0.05, 0) is 49.0 Å². The molecule has 0 spiro atoms. The second-order valence-corrected chi connectivity index (χ2v) is 5.49. The summed E-state index contributed by atoms with van der Waals surface area (Å²) in [5.41, 5.74) is 1.15. The van der Waals surface area contributed by atoms with Crippen molar-refractivity contribution in [1.82, 2.24) is 14.9 Å². The van der Waals surface area contributed by atoms with Crippen LogP contribution in [0.2, 0.25) is 0 Å². The largest absolute Gasteiger partial charge is 0.369 e. The van der Waals surface area contributed by atoms with Crippen LogP contribution in [-0.2, 0) is 12.8 Å². The maximum Gasteiger partial charge on any atom is 0.143 e. The normalized spacial score (nSPS) is 11.1. The molecule has 0 amide bonds. The first kappa shape index (κ1) is 16.6. The molecule has 0 aliphatic heterocycles. The lowest BCUT2D eigenvalue weighted by molar-refractivity contribution is 0.305. The van der Waals surface area contributed by atoms with Gasteiger partial charge in [-0.2, -0.15) is 0 Å². The van der Waals surface area contributed by atoms with E-state index in [4.69, 9.17) is 0 Å². The van der Waals surface area contributed by atoms with Gasteiger partial charge in [0.2, 0.25) is 0 Å². The molecule has 19 heavy (non-hydrogen) atoms. The molecular formula is C14H25IN4. The fourth-order valence-electron chi connectivity index (χ4n) is 1.97. The molecule has 1 aromatic rings. The summed E-state index contributed by atoms with van der Waals surface area (Å²) in [6, 6.07) is 0. The molecule has 1 heterocycles. The Morgan fingerprint density at radius 2 is 1.79 bits per heavy atom. The van der Waals surface area contributed by atoms with Crippen LogP contribution in [0, 0.1) is 3.57 Å². The molecule has 108 valence electrons. The molecule has 1 N–H and O–H groups in total. The van der Waals surface area contributed by atoms with Crippen molar-refractivity contribution in [3.8, 4) is 0 Å². The van der Waals surface area contributed by atoms with Gasteiger partial charge in [-0.1, -0.05) is 20.8 Å². The number of aromatic nitrogens is 2. The van der Waals surface area contributed by atoms with Crippen LogP contribution >= 0.6 is 22.6 Å². The van der Waals surface area contributed by atoms with Crippen molar-refractivity contribution in [3.05, 3.63) is 15.1 Å². The van der Waals surface area contributed by atoms with Crippen LogP contribution in [0.25, 0.3) is 0 Å². The lowest BCUT2D eigenvalue weighted by Crippen LogP contribution is -2.26. The van der Waals surface area contributed by atoms with Crippen molar-refractivity contribution in [3.63, 3.8) is 0 Å². The van der Waals surface area contributed by atoms with E-state index >= 15 is 0 Å². The Morgan fingerprint density at radius 1 is 1.11 bits per heavy atom. The van der Waals surface area contributed by atoms with Crippen molar-refractivity contribution < 1.29 is 0 Å². The third-order valence-electron chi connectivity index (χ3n) is 3.19. The Balaban J connectivity index is 2.85. The summed E-state index contributed by atoms with van der Waals surface area (Å²) < 4.78 is 1.16. The molecule has 0 unspecified atom stereocenters. The van der Waals surface area contributed by atoms with Gasteiger partial charge in [0.05, 0.1) is 9.26 Å². The summed E-state index contributed by atoms with van der Waals surface area (Å²) in [4.78, 5) is 11.7. The molecule has 0 saturated carbocycles. The minimum Gasteiger partial charge on any atom is -0.369 e. The number of aryl methyl sites for hydroxylation is 1. The summed E-state index contributed by atoms with van der Waals surface area (Å²) in [5.74, 6) is 1.95. The minimum atomic E-state index is 0.894. The molecule has 0 atom stereocenters. The summed E-state index contributed by atoms with van der Waals surface area (Å²) in [7, 11) is 0. The molecular weight excluding hydrogens is 351 g/mol. The van der Waals surface area contributed by atoms with Crippen molar-refractivity contribution >= 4 is 28.4 Å². The molecule has 0 aliphatic rings. The quantitative estimate of drug-likeness (QED) is 0.709. The maximum absolute atomic E-state index is 4.69. The van der Waals surface area contributed by atoms with Gasteiger partial charge in [-0.3, -0.25) is 0 Å². The van der Waals surface area contributed by atoms with Crippen molar-refractivity contribution in [1.29, 1.82) is 0 Å². The van der Waals surface area contributed by atoms with Crippen LogP contribution in [-0.4, -0.2) is 41.0 Å². The number of rotatable bonds is 8. The molecule has 0 radical (unpaired) electrons. The van der Waals surface area contributed by atoms with Crippen molar-refractivity contribution in [2.75, 3.05) is 31.5 Å². The van der Waals surface area contributed by atoms with Crippen LogP contribution < -0.4 is 5.32 Å². The van der Waals surface area contributed by atoms with E-state index in [9.17, 15) is 0 Å². The van der Waals surface area contributed by atoms with Crippen LogP contribution in [0.3, 0.4) is 0 Å². The molecule has 1 aromatic heterocycles. The molecule has 0 bridgehead atoms. The van der Waals surface area contributed by atoms with Gasteiger partial charge in [0.25, 0.3) is 0 Å². The van der Waals surface area contributed by atoms with Crippen LogP contribution in [0.1, 0.15) is 39.2 Å². The van der Waals surface area contributed by atoms with Crippen molar-refractivity contribution in [2.45, 2.75) is 40.5 Å². The molecule has 4 nitrogen and oxygen atoms in total. The average Bonchev–Trinajstić information content (AvgIpc) is 2.43. The third kappa shape index (κ3) is 4.87. The zero-order chi connectivity index (χ0) is 14.3. The van der Waals surface area contributed by atoms with Gasteiger partial charge in [0.1, 0.15) is 11.6 Å². The third-order valence-corrected chi connectivity index (χ3v) is 4.32. The van der Waals surface area contributed by atoms with Crippen molar-refractivity contribution in [2.24, 2.45) is 0 Å². The highest BCUT2D eigenvalue weighted by molar-refractivity contribution is 14.1. The maximum atomic E-state index is 4.69. The first-order valence-corrected chi connectivity index (χ1v) is 8.25. The monoisotopic (exact) mass is 376 g/mol. The van der Waals surface area contributed by atoms with Crippen LogP contribution in [0.15, 0.2) is 0 Å². The Bertz CT molecular complexity index is 391. The van der Waals surface area contributed by atoms with Gasteiger partial charge in [0, 0.05) is 19.5 Å². The molecule has 0 fully saturated rings. The summed E-state index contributed by atoms with van der Waals surface area (Å²) in [5, 5.41) is 3.33. The fraction of sp³-hybridized carbons (Fsp3) is 0.714.